The molecule has 0 heterocycles. The first kappa shape index (κ1) is 14.1. The first-order valence-electron chi connectivity index (χ1n) is 5.11. The van der Waals surface area contributed by atoms with E-state index in [1.165, 1.54) is 6.07 Å². The molecule has 0 saturated heterocycles. The molecule has 0 aromatic heterocycles. The summed E-state index contributed by atoms with van der Waals surface area (Å²) in [5, 5.41) is 2.47. The van der Waals surface area contributed by atoms with Gasteiger partial charge in [-0.25, -0.2) is 4.39 Å². The first-order chi connectivity index (χ1) is 8.43. The molecular weight excluding hydrogens is 247 g/mol. The molecule has 0 radical (unpaired) electrons. The standard InChI is InChI=1S/C12H12F3NO2/c1-3-11(17)16-7(2)9-5-4-8(13)6-10(9)18-12(14)15/h3-7,12H,1H2,2H3,(H,16,17)/t7-/m1/s1. The van der Waals surface area contributed by atoms with Gasteiger partial charge in [-0.1, -0.05) is 12.6 Å². The summed E-state index contributed by atoms with van der Waals surface area (Å²) in [4.78, 5) is 11.1. The molecule has 0 saturated carbocycles. The molecule has 1 N–H and O–H groups in total. The van der Waals surface area contributed by atoms with Gasteiger partial charge in [0.05, 0.1) is 6.04 Å². The Bertz CT molecular complexity index is 449. The molecule has 0 unspecified atom stereocenters. The lowest BCUT2D eigenvalue weighted by Crippen LogP contribution is -2.25. The number of amides is 1. The van der Waals surface area contributed by atoms with Crippen LogP contribution >= 0.6 is 0 Å². The molecule has 1 amide bonds. The molecular formula is C12H12F3NO2. The van der Waals surface area contributed by atoms with E-state index in [9.17, 15) is 18.0 Å². The van der Waals surface area contributed by atoms with E-state index in [1.807, 2.05) is 0 Å². The van der Waals surface area contributed by atoms with Crippen molar-refractivity contribution < 1.29 is 22.7 Å². The van der Waals surface area contributed by atoms with E-state index in [2.05, 4.69) is 16.6 Å². The van der Waals surface area contributed by atoms with Crippen molar-refractivity contribution >= 4 is 5.91 Å². The summed E-state index contributed by atoms with van der Waals surface area (Å²) >= 11 is 0. The van der Waals surface area contributed by atoms with Gasteiger partial charge in [0.25, 0.3) is 0 Å². The van der Waals surface area contributed by atoms with E-state index in [1.54, 1.807) is 6.92 Å². The molecule has 0 aliphatic heterocycles. The van der Waals surface area contributed by atoms with Gasteiger partial charge < -0.3 is 10.1 Å². The van der Waals surface area contributed by atoms with Crippen molar-refractivity contribution in [1.29, 1.82) is 0 Å². The van der Waals surface area contributed by atoms with Crippen molar-refractivity contribution in [3.63, 3.8) is 0 Å². The molecule has 0 aliphatic carbocycles. The van der Waals surface area contributed by atoms with Crippen LogP contribution in [0.3, 0.4) is 0 Å². The molecule has 1 aromatic carbocycles. The molecule has 0 bridgehead atoms. The Kier molecular flexibility index (Phi) is 4.76. The highest BCUT2D eigenvalue weighted by Crippen LogP contribution is 2.27. The Labute approximate surface area is 102 Å². The lowest BCUT2D eigenvalue weighted by Gasteiger charge is -2.17. The fraction of sp³-hybridized carbons (Fsp3) is 0.250. The molecule has 1 atom stereocenters. The number of benzene rings is 1. The maximum atomic E-state index is 13.0. The quantitative estimate of drug-likeness (QED) is 0.826. The maximum Gasteiger partial charge on any atom is 0.387 e. The monoisotopic (exact) mass is 259 g/mol. The van der Waals surface area contributed by atoms with Crippen molar-refractivity contribution in [1.82, 2.24) is 5.32 Å². The summed E-state index contributed by atoms with van der Waals surface area (Å²) in [6.45, 7) is 1.77. The second-order valence-electron chi connectivity index (χ2n) is 3.50. The normalized spacial score (nSPS) is 12.1. The number of carbonyl (C=O) groups excluding carboxylic acids is 1. The second-order valence-corrected chi connectivity index (χ2v) is 3.50. The third-order valence-electron chi connectivity index (χ3n) is 2.20. The summed E-state index contributed by atoms with van der Waals surface area (Å²) < 4.78 is 41.5. The van der Waals surface area contributed by atoms with Gasteiger partial charge in [-0.2, -0.15) is 8.78 Å². The van der Waals surface area contributed by atoms with Crippen molar-refractivity contribution in [2.75, 3.05) is 0 Å². The third-order valence-corrected chi connectivity index (χ3v) is 2.20. The molecule has 0 fully saturated rings. The summed E-state index contributed by atoms with van der Waals surface area (Å²) in [6, 6.07) is 2.62. The largest absolute Gasteiger partial charge is 0.434 e. The average Bonchev–Trinajstić information content (AvgIpc) is 2.27. The second kappa shape index (κ2) is 6.09. The van der Waals surface area contributed by atoms with Crippen LogP contribution in [0, 0.1) is 5.82 Å². The third kappa shape index (κ3) is 3.80. The van der Waals surface area contributed by atoms with E-state index in [4.69, 9.17) is 0 Å². The Morgan fingerprint density at radius 1 is 1.50 bits per heavy atom. The highest BCUT2D eigenvalue weighted by molar-refractivity contribution is 5.87. The predicted octanol–water partition coefficient (Wildman–Crippen LogP) is 2.79. The Morgan fingerprint density at radius 2 is 2.17 bits per heavy atom. The van der Waals surface area contributed by atoms with Gasteiger partial charge in [-0.15, -0.1) is 0 Å². The smallest absolute Gasteiger partial charge is 0.387 e. The van der Waals surface area contributed by atoms with Crippen LogP contribution in [-0.4, -0.2) is 12.5 Å². The number of halogens is 3. The zero-order valence-electron chi connectivity index (χ0n) is 9.62. The van der Waals surface area contributed by atoms with Gasteiger partial charge >= 0.3 is 6.61 Å². The van der Waals surface area contributed by atoms with Crippen LogP contribution in [0.5, 0.6) is 5.75 Å². The zero-order chi connectivity index (χ0) is 13.7. The molecule has 1 aromatic rings. The summed E-state index contributed by atoms with van der Waals surface area (Å²) in [5.41, 5.74) is 0.256. The highest BCUT2D eigenvalue weighted by atomic mass is 19.3. The van der Waals surface area contributed by atoms with Crippen molar-refractivity contribution in [3.05, 3.63) is 42.2 Å². The minimum atomic E-state index is -3.06. The summed E-state index contributed by atoms with van der Waals surface area (Å²) in [6.07, 6.45) is 1.05. The number of carbonyl (C=O) groups is 1. The van der Waals surface area contributed by atoms with Gasteiger partial charge in [0.1, 0.15) is 11.6 Å². The fourth-order valence-electron chi connectivity index (χ4n) is 1.41. The van der Waals surface area contributed by atoms with Gasteiger partial charge in [0.15, 0.2) is 0 Å². The zero-order valence-corrected chi connectivity index (χ0v) is 9.62. The van der Waals surface area contributed by atoms with E-state index in [-0.39, 0.29) is 11.3 Å². The van der Waals surface area contributed by atoms with Crippen LogP contribution in [-0.2, 0) is 4.79 Å². The molecule has 98 valence electrons. The number of hydrogen-bond acceptors (Lipinski definition) is 2. The molecule has 1 rings (SSSR count). The molecule has 18 heavy (non-hydrogen) atoms. The topological polar surface area (TPSA) is 38.3 Å². The van der Waals surface area contributed by atoms with Gasteiger partial charge in [-0.3, -0.25) is 4.79 Å². The minimum absolute atomic E-state index is 0.256. The summed E-state index contributed by atoms with van der Waals surface area (Å²) in [7, 11) is 0. The van der Waals surface area contributed by atoms with E-state index in [0.717, 1.165) is 18.2 Å². The number of ether oxygens (including phenoxy) is 1. The predicted molar refractivity (Wildman–Crippen MR) is 59.8 cm³/mol. The average molecular weight is 259 g/mol. The number of alkyl halides is 2. The Morgan fingerprint density at radius 3 is 2.72 bits per heavy atom. The van der Waals surface area contributed by atoms with Crippen LogP contribution < -0.4 is 10.1 Å². The Hall–Kier alpha value is -1.98. The van der Waals surface area contributed by atoms with E-state index < -0.39 is 24.4 Å². The first-order valence-corrected chi connectivity index (χ1v) is 5.11. The fourth-order valence-corrected chi connectivity index (χ4v) is 1.41. The Balaban J connectivity index is 2.98. The molecule has 0 aliphatic rings. The lowest BCUT2D eigenvalue weighted by atomic mass is 10.1. The maximum absolute atomic E-state index is 13.0. The summed E-state index contributed by atoms with van der Waals surface area (Å²) in [5.74, 6) is -1.46. The number of hydrogen-bond donors (Lipinski definition) is 1. The molecule has 3 nitrogen and oxygen atoms in total. The van der Waals surface area contributed by atoms with Gasteiger partial charge in [0.2, 0.25) is 5.91 Å². The number of rotatable bonds is 5. The van der Waals surface area contributed by atoms with Crippen LogP contribution in [0.1, 0.15) is 18.5 Å². The van der Waals surface area contributed by atoms with Gasteiger partial charge in [-0.05, 0) is 19.1 Å². The van der Waals surface area contributed by atoms with Crippen molar-refractivity contribution in [2.45, 2.75) is 19.6 Å². The minimum Gasteiger partial charge on any atom is -0.434 e. The van der Waals surface area contributed by atoms with Crippen molar-refractivity contribution in [2.24, 2.45) is 0 Å². The molecule has 0 spiro atoms. The van der Waals surface area contributed by atoms with Crippen LogP contribution in [0.4, 0.5) is 13.2 Å². The number of nitrogens with one attached hydrogen (secondary N) is 1. The van der Waals surface area contributed by atoms with Crippen molar-refractivity contribution in [3.8, 4) is 5.75 Å². The van der Waals surface area contributed by atoms with E-state index in [0.29, 0.717) is 0 Å². The highest BCUT2D eigenvalue weighted by Gasteiger charge is 2.16. The van der Waals surface area contributed by atoms with Crippen LogP contribution in [0.2, 0.25) is 0 Å². The molecule has 6 heteroatoms. The van der Waals surface area contributed by atoms with Gasteiger partial charge in [0, 0.05) is 11.6 Å². The van der Waals surface area contributed by atoms with E-state index >= 15 is 0 Å². The SMILES string of the molecule is C=CC(=O)N[C@H](C)c1ccc(F)cc1OC(F)F. The van der Waals surface area contributed by atoms with Crippen LogP contribution in [0.25, 0.3) is 0 Å². The van der Waals surface area contributed by atoms with Crippen LogP contribution in [0.15, 0.2) is 30.9 Å². The lowest BCUT2D eigenvalue weighted by molar-refractivity contribution is -0.117.